The van der Waals surface area contributed by atoms with Crippen LogP contribution in [0, 0.1) is 0 Å². The summed E-state index contributed by atoms with van der Waals surface area (Å²) in [6, 6.07) is 8.96. The van der Waals surface area contributed by atoms with E-state index in [-0.39, 0.29) is 18.3 Å². The van der Waals surface area contributed by atoms with Crippen molar-refractivity contribution in [3.8, 4) is 23.0 Å². The van der Waals surface area contributed by atoms with E-state index in [9.17, 15) is 4.79 Å². The average Bonchev–Trinajstić information content (AvgIpc) is 3.35. The van der Waals surface area contributed by atoms with Crippen molar-refractivity contribution in [1.82, 2.24) is 9.88 Å². The molecule has 4 rings (SSSR count). The zero-order valence-electron chi connectivity index (χ0n) is 20.9. The Kier molecular flexibility index (Phi) is 10.0. The third-order valence-electron chi connectivity index (χ3n) is 5.97. The number of fused-ring (bicyclic) bond motifs is 1. The molecule has 1 aliphatic heterocycles. The van der Waals surface area contributed by atoms with Gasteiger partial charge in [0.15, 0.2) is 16.6 Å². The van der Waals surface area contributed by atoms with Crippen LogP contribution in [0.2, 0.25) is 0 Å². The number of para-hydroxylation sites is 1. The molecule has 36 heavy (non-hydrogen) atoms. The predicted octanol–water partition coefficient (Wildman–Crippen LogP) is 4.12. The van der Waals surface area contributed by atoms with E-state index < -0.39 is 0 Å². The fraction of sp³-hybridized carbons (Fsp3) is 0.440. The van der Waals surface area contributed by atoms with Gasteiger partial charge in [-0.15, -0.1) is 12.4 Å². The van der Waals surface area contributed by atoms with Gasteiger partial charge in [-0.3, -0.25) is 14.6 Å². The number of aromatic nitrogens is 1. The van der Waals surface area contributed by atoms with Crippen LogP contribution in [-0.2, 0) is 4.74 Å². The molecule has 1 aromatic heterocycles. The van der Waals surface area contributed by atoms with Crippen molar-refractivity contribution in [1.29, 1.82) is 0 Å². The van der Waals surface area contributed by atoms with Crippen LogP contribution in [0.5, 0.6) is 23.0 Å². The van der Waals surface area contributed by atoms with Crippen molar-refractivity contribution in [2.45, 2.75) is 6.42 Å². The van der Waals surface area contributed by atoms with E-state index in [0.29, 0.717) is 45.8 Å². The molecule has 1 aliphatic rings. The highest BCUT2D eigenvalue weighted by Crippen LogP contribution is 2.41. The number of rotatable bonds is 10. The van der Waals surface area contributed by atoms with Crippen LogP contribution in [-0.4, -0.2) is 83.6 Å². The number of carbonyl (C=O) groups is 1. The van der Waals surface area contributed by atoms with Crippen molar-refractivity contribution in [2.75, 3.05) is 72.7 Å². The van der Waals surface area contributed by atoms with E-state index >= 15 is 0 Å². The Morgan fingerprint density at radius 2 is 1.69 bits per heavy atom. The maximum absolute atomic E-state index is 13.9. The second-order valence-electron chi connectivity index (χ2n) is 7.95. The molecule has 9 nitrogen and oxygen atoms in total. The first-order valence-electron chi connectivity index (χ1n) is 11.5. The molecular weight excluding hydrogens is 506 g/mol. The number of morpholine rings is 1. The lowest BCUT2D eigenvalue weighted by molar-refractivity contribution is 0.0376. The third kappa shape index (κ3) is 5.78. The van der Waals surface area contributed by atoms with Gasteiger partial charge in [0.05, 0.1) is 47.2 Å². The summed E-state index contributed by atoms with van der Waals surface area (Å²) in [4.78, 5) is 22.8. The monoisotopic (exact) mass is 537 g/mol. The molecule has 0 aliphatic carbocycles. The van der Waals surface area contributed by atoms with E-state index in [4.69, 9.17) is 28.7 Å². The molecule has 0 radical (unpaired) electrons. The van der Waals surface area contributed by atoms with E-state index in [1.807, 2.05) is 12.1 Å². The molecule has 1 fully saturated rings. The largest absolute Gasteiger partial charge is 0.495 e. The lowest BCUT2D eigenvalue weighted by atomic mass is 10.1. The highest BCUT2D eigenvalue weighted by atomic mass is 35.5. The molecule has 2 heterocycles. The molecule has 11 heteroatoms. The summed E-state index contributed by atoms with van der Waals surface area (Å²) < 4.78 is 28.3. The van der Waals surface area contributed by atoms with Gasteiger partial charge >= 0.3 is 0 Å². The number of nitrogens with zero attached hydrogens (tertiary/aromatic N) is 3. The van der Waals surface area contributed by atoms with E-state index in [1.54, 1.807) is 44.4 Å². The van der Waals surface area contributed by atoms with Crippen LogP contribution in [0.15, 0.2) is 30.3 Å². The van der Waals surface area contributed by atoms with Crippen LogP contribution in [0.3, 0.4) is 0 Å². The number of methoxy groups -OCH3 is 4. The van der Waals surface area contributed by atoms with Gasteiger partial charge in [-0.25, -0.2) is 4.98 Å². The minimum absolute atomic E-state index is 0. The third-order valence-corrected chi connectivity index (χ3v) is 7.06. The Balaban J connectivity index is 0.00000361. The molecule has 0 spiro atoms. The van der Waals surface area contributed by atoms with Gasteiger partial charge < -0.3 is 23.7 Å². The summed E-state index contributed by atoms with van der Waals surface area (Å²) >= 11 is 1.40. The Morgan fingerprint density at radius 3 is 2.36 bits per heavy atom. The first kappa shape index (κ1) is 27.8. The van der Waals surface area contributed by atoms with Crippen molar-refractivity contribution >= 4 is 45.0 Å². The Hall–Kier alpha value is -2.79. The summed E-state index contributed by atoms with van der Waals surface area (Å²) in [5.74, 6) is 2.00. The van der Waals surface area contributed by atoms with Crippen molar-refractivity contribution < 1.29 is 28.5 Å². The maximum atomic E-state index is 13.9. The zero-order valence-corrected chi connectivity index (χ0v) is 22.6. The number of carbonyl (C=O) groups excluding carboxylic acids is 1. The fourth-order valence-corrected chi connectivity index (χ4v) is 5.25. The molecule has 2 aromatic carbocycles. The minimum atomic E-state index is -0.209. The smallest absolute Gasteiger partial charge is 0.263 e. The van der Waals surface area contributed by atoms with Gasteiger partial charge in [-0.1, -0.05) is 17.4 Å². The number of amides is 1. The Morgan fingerprint density at radius 1 is 1.00 bits per heavy atom. The van der Waals surface area contributed by atoms with Gasteiger partial charge in [0.2, 0.25) is 0 Å². The van der Waals surface area contributed by atoms with Gasteiger partial charge in [0, 0.05) is 26.2 Å². The predicted molar refractivity (Wildman–Crippen MR) is 143 cm³/mol. The Bertz CT molecular complexity index is 1130. The maximum Gasteiger partial charge on any atom is 0.263 e. The molecule has 1 amide bonds. The van der Waals surface area contributed by atoms with E-state index in [2.05, 4.69) is 4.90 Å². The van der Waals surface area contributed by atoms with Crippen molar-refractivity contribution in [2.24, 2.45) is 0 Å². The number of halogens is 1. The molecule has 0 unspecified atom stereocenters. The van der Waals surface area contributed by atoms with Crippen LogP contribution < -0.4 is 23.8 Å². The van der Waals surface area contributed by atoms with Crippen LogP contribution >= 0.6 is 23.7 Å². The van der Waals surface area contributed by atoms with E-state index in [1.165, 1.54) is 18.4 Å². The Labute approximate surface area is 221 Å². The van der Waals surface area contributed by atoms with Gasteiger partial charge in [-0.05, 0) is 30.7 Å². The normalized spacial score (nSPS) is 13.7. The van der Waals surface area contributed by atoms with Crippen LogP contribution in [0.4, 0.5) is 5.13 Å². The lowest BCUT2D eigenvalue weighted by Crippen LogP contribution is -2.39. The number of hydrogen-bond donors (Lipinski definition) is 0. The quantitative estimate of drug-likeness (QED) is 0.382. The van der Waals surface area contributed by atoms with Gasteiger partial charge in [-0.2, -0.15) is 0 Å². The van der Waals surface area contributed by atoms with Crippen LogP contribution in [0.25, 0.3) is 10.2 Å². The second kappa shape index (κ2) is 13.0. The number of benzene rings is 2. The van der Waals surface area contributed by atoms with Crippen LogP contribution in [0.1, 0.15) is 16.8 Å². The number of thiazole rings is 1. The summed E-state index contributed by atoms with van der Waals surface area (Å²) in [5.41, 5.74) is 1.08. The van der Waals surface area contributed by atoms with Gasteiger partial charge in [0.25, 0.3) is 5.91 Å². The first-order chi connectivity index (χ1) is 17.1. The summed E-state index contributed by atoms with van der Waals surface area (Å²) in [5, 5.41) is 0.569. The molecule has 196 valence electrons. The molecule has 0 bridgehead atoms. The SMILES string of the molecule is COc1cccc(C(=O)N(CCCN2CCOCC2)c2nc3c(OC)ccc(OC)c3s2)c1OC.Cl. The molecule has 0 N–H and O–H groups in total. The van der Waals surface area contributed by atoms with Crippen molar-refractivity contribution in [3.05, 3.63) is 35.9 Å². The minimum Gasteiger partial charge on any atom is -0.495 e. The lowest BCUT2D eigenvalue weighted by Gasteiger charge is -2.28. The number of hydrogen-bond acceptors (Lipinski definition) is 9. The molecule has 3 aromatic rings. The first-order valence-corrected chi connectivity index (χ1v) is 12.3. The van der Waals surface area contributed by atoms with Crippen molar-refractivity contribution in [3.63, 3.8) is 0 Å². The summed E-state index contributed by atoms with van der Waals surface area (Å²) in [6.07, 6.45) is 0.780. The number of ether oxygens (including phenoxy) is 5. The fourth-order valence-electron chi connectivity index (χ4n) is 4.15. The van der Waals surface area contributed by atoms with Gasteiger partial charge in [0.1, 0.15) is 21.7 Å². The zero-order chi connectivity index (χ0) is 24.8. The topological polar surface area (TPSA) is 82.6 Å². The molecule has 0 atom stereocenters. The molecule has 1 saturated heterocycles. The molecule has 0 saturated carbocycles. The molecular formula is C25H32ClN3O6S. The summed E-state index contributed by atoms with van der Waals surface area (Å²) in [6.45, 7) is 4.61. The number of anilines is 1. The van der Waals surface area contributed by atoms with E-state index in [0.717, 1.165) is 44.0 Å². The summed E-state index contributed by atoms with van der Waals surface area (Å²) in [7, 11) is 6.31. The highest BCUT2D eigenvalue weighted by molar-refractivity contribution is 7.22. The average molecular weight is 538 g/mol. The highest BCUT2D eigenvalue weighted by Gasteiger charge is 2.27. The second-order valence-corrected chi connectivity index (χ2v) is 8.93. The standard InChI is InChI=1S/C25H31N3O6S.ClH/c1-30-18-9-10-20(32-3)23-21(18)26-25(35-23)28(12-6-11-27-13-15-34-16-14-27)24(29)17-7-5-8-19(31-2)22(17)33-4;/h5,7-10H,6,11-16H2,1-4H3;1H.